The van der Waals surface area contributed by atoms with Gasteiger partial charge in [0.05, 0.1) is 11.0 Å². The quantitative estimate of drug-likeness (QED) is 0.473. The SMILES string of the molecule is Cc1ccc(-c2nc3ccccc3n2Cc2ccc(C(C)C)cc2)cc1N. The van der Waals surface area contributed by atoms with Gasteiger partial charge in [0.2, 0.25) is 0 Å². The van der Waals surface area contributed by atoms with Gasteiger partial charge in [0, 0.05) is 17.8 Å². The molecule has 4 aromatic rings. The first kappa shape index (κ1) is 17.3. The second-order valence-electron chi connectivity index (χ2n) is 7.48. The molecule has 1 aromatic heterocycles. The number of para-hydroxylation sites is 2. The van der Waals surface area contributed by atoms with Crippen LogP contribution in [0, 0.1) is 6.92 Å². The Morgan fingerprint density at radius 1 is 0.963 bits per heavy atom. The standard InChI is InChI=1S/C24H25N3/c1-16(2)19-12-9-18(10-13-19)15-27-23-7-5-4-6-22(23)26-24(27)20-11-8-17(3)21(25)14-20/h4-14,16H,15,25H2,1-3H3. The molecule has 0 radical (unpaired) electrons. The normalized spacial score (nSPS) is 11.4. The van der Waals surface area contributed by atoms with Gasteiger partial charge in [-0.25, -0.2) is 4.98 Å². The minimum Gasteiger partial charge on any atom is -0.398 e. The van der Waals surface area contributed by atoms with Gasteiger partial charge < -0.3 is 10.3 Å². The summed E-state index contributed by atoms with van der Waals surface area (Å²) >= 11 is 0. The molecule has 2 N–H and O–H groups in total. The van der Waals surface area contributed by atoms with Crippen LogP contribution in [0.4, 0.5) is 5.69 Å². The van der Waals surface area contributed by atoms with Gasteiger partial charge in [-0.15, -0.1) is 0 Å². The topological polar surface area (TPSA) is 43.8 Å². The highest BCUT2D eigenvalue weighted by Crippen LogP contribution is 2.28. The van der Waals surface area contributed by atoms with Crippen LogP contribution in [0.1, 0.15) is 36.5 Å². The molecule has 3 aromatic carbocycles. The number of anilines is 1. The van der Waals surface area contributed by atoms with Crippen LogP contribution >= 0.6 is 0 Å². The molecule has 0 fully saturated rings. The maximum absolute atomic E-state index is 6.16. The molecular formula is C24H25N3. The van der Waals surface area contributed by atoms with Gasteiger partial charge in [-0.05, 0) is 47.7 Å². The van der Waals surface area contributed by atoms with Crippen molar-refractivity contribution in [2.45, 2.75) is 33.2 Å². The van der Waals surface area contributed by atoms with Gasteiger partial charge in [0.25, 0.3) is 0 Å². The Kier molecular flexibility index (Phi) is 4.44. The lowest BCUT2D eigenvalue weighted by Gasteiger charge is -2.12. The maximum atomic E-state index is 6.16. The van der Waals surface area contributed by atoms with Crippen molar-refractivity contribution in [2.75, 3.05) is 5.73 Å². The Balaban J connectivity index is 1.81. The molecule has 3 heteroatoms. The van der Waals surface area contributed by atoms with Crippen LogP contribution in [0.15, 0.2) is 66.7 Å². The number of rotatable bonds is 4. The van der Waals surface area contributed by atoms with Crippen LogP contribution in [0.25, 0.3) is 22.4 Å². The number of fused-ring (bicyclic) bond motifs is 1. The summed E-state index contributed by atoms with van der Waals surface area (Å²) in [5.41, 5.74) is 13.9. The van der Waals surface area contributed by atoms with Gasteiger partial charge >= 0.3 is 0 Å². The zero-order chi connectivity index (χ0) is 19.0. The summed E-state index contributed by atoms with van der Waals surface area (Å²) in [4.78, 5) is 4.90. The Labute approximate surface area is 160 Å². The zero-order valence-corrected chi connectivity index (χ0v) is 16.1. The van der Waals surface area contributed by atoms with Crippen molar-refractivity contribution in [2.24, 2.45) is 0 Å². The summed E-state index contributed by atoms with van der Waals surface area (Å²) in [6, 6.07) is 23.4. The number of nitrogens with two attached hydrogens (primary N) is 1. The van der Waals surface area contributed by atoms with E-state index in [1.165, 1.54) is 11.1 Å². The van der Waals surface area contributed by atoms with Crippen molar-refractivity contribution in [1.29, 1.82) is 0 Å². The summed E-state index contributed by atoms with van der Waals surface area (Å²) in [5.74, 6) is 1.50. The molecule has 0 unspecified atom stereocenters. The number of aryl methyl sites for hydroxylation is 1. The molecule has 27 heavy (non-hydrogen) atoms. The summed E-state index contributed by atoms with van der Waals surface area (Å²) in [7, 11) is 0. The average Bonchev–Trinajstić information content (AvgIpc) is 3.03. The molecule has 0 bridgehead atoms. The molecule has 0 saturated heterocycles. The van der Waals surface area contributed by atoms with Crippen LogP contribution in [-0.4, -0.2) is 9.55 Å². The summed E-state index contributed by atoms with van der Waals surface area (Å²) in [6.07, 6.45) is 0. The molecule has 0 aliphatic heterocycles. The van der Waals surface area contributed by atoms with Crippen molar-refractivity contribution < 1.29 is 0 Å². The lowest BCUT2D eigenvalue weighted by atomic mass is 10.0. The number of imidazole rings is 1. The minimum atomic E-state index is 0.541. The lowest BCUT2D eigenvalue weighted by molar-refractivity contribution is 0.827. The predicted octanol–water partition coefficient (Wildman–Crippen LogP) is 5.77. The van der Waals surface area contributed by atoms with Crippen molar-refractivity contribution in [3.8, 4) is 11.4 Å². The van der Waals surface area contributed by atoms with Crippen molar-refractivity contribution >= 4 is 16.7 Å². The van der Waals surface area contributed by atoms with E-state index in [9.17, 15) is 0 Å². The van der Waals surface area contributed by atoms with E-state index in [0.717, 1.165) is 40.2 Å². The molecule has 1 heterocycles. The Hall–Kier alpha value is -3.07. The van der Waals surface area contributed by atoms with Crippen LogP contribution < -0.4 is 5.73 Å². The highest BCUT2D eigenvalue weighted by Gasteiger charge is 2.13. The van der Waals surface area contributed by atoms with E-state index in [0.29, 0.717) is 5.92 Å². The fraction of sp³-hybridized carbons (Fsp3) is 0.208. The Bertz CT molecular complexity index is 1090. The molecular weight excluding hydrogens is 330 g/mol. The summed E-state index contributed by atoms with van der Waals surface area (Å²) < 4.78 is 2.28. The fourth-order valence-corrected chi connectivity index (χ4v) is 3.43. The van der Waals surface area contributed by atoms with Gasteiger partial charge in [-0.2, -0.15) is 0 Å². The molecule has 0 spiro atoms. The number of aromatic nitrogens is 2. The highest BCUT2D eigenvalue weighted by atomic mass is 15.1. The van der Waals surface area contributed by atoms with Crippen LogP contribution in [0.5, 0.6) is 0 Å². The zero-order valence-electron chi connectivity index (χ0n) is 16.1. The number of hydrogen-bond acceptors (Lipinski definition) is 2. The van der Waals surface area contributed by atoms with Crippen molar-refractivity contribution in [1.82, 2.24) is 9.55 Å². The molecule has 4 rings (SSSR count). The summed E-state index contributed by atoms with van der Waals surface area (Å²) in [5, 5.41) is 0. The van der Waals surface area contributed by atoms with Crippen molar-refractivity contribution in [3.63, 3.8) is 0 Å². The van der Waals surface area contributed by atoms with E-state index in [1.807, 2.05) is 19.1 Å². The van der Waals surface area contributed by atoms with E-state index in [2.05, 4.69) is 73.0 Å². The number of hydrogen-bond donors (Lipinski definition) is 1. The van der Waals surface area contributed by atoms with Gasteiger partial charge in [0.1, 0.15) is 5.82 Å². The first-order valence-corrected chi connectivity index (χ1v) is 9.43. The fourth-order valence-electron chi connectivity index (χ4n) is 3.43. The molecule has 3 nitrogen and oxygen atoms in total. The highest BCUT2D eigenvalue weighted by molar-refractivity contribution is 5.81. The molecule has 136 valence electrons. The lowest BCUT2D eigenvalue weighted by Crippen LogP contribution is -2.03. The second-order valence-corrected chi connectivity index (χ2v) is 7.48. The molecule has 0 atom stereocenters. The second kappa shape index (κ2) is 6.92. The number of nitrogen functional groups attached to an aromatic ring is 1. The minimum absolute atomic E-state index is 0.541. The third-order valence-corrected chi connectivity index (χ3v) is 5.18. The third-order valence-electron chi connectivity index (χ3n) is 5.18. The number of benzene rings is 3. The third kappa shape index (κ3) is 3.33. The van der Waals surface area contributed by atoms with E-state index < -0.39 is 0 Å². The van der Waals surface area contributed by atoms with Gasteiger partial charge in [-0.3, -0.25) is 0 Å². The average molecular weight is 355 g/mol. The maximum Gasteiger partial charge on any atom is 0.141 e. The van der Waals surface area contributed by atoms with Gasteiger partial charge in [-0.1, -0.05) is 62.4 Å². The molecule has 0 saturated carbocycles. The first-order chi connectivity index (χ1) is 13.0. The molecule has 0 aliphatic carbocycles. The molecule has 0 aliphatic rings. The molecule has 0 amide bonds. The number of nitrogens with zero attached hydrogens (tertiary/aromatic N) is 2. The van der Waals surface area contributed by atoms with E-state index in [4.69, 9.17) is 10.7 Å². The van der Waals surface area contributed by atoms with Crippen LogP contribution in [0.2, 0.25) is 0 Å². The van der Waals surface area contributed by atoms with E-state index in [1.54, 1.807) is 0 Å². The van der Waals surface area contributed by atoms with E-state index in [-0.39, 0.29) is 0 Å². The van der Waals surface area contributed by atoms with E-state index >= 15 is 0 Å². The van der Waals surface area contributed by atoms with Crippen LogP contribution in [0.3, 0.4) is 0 Å². The van der Waals surface area contributed by atoms with Crippen LogP contribution in [-0.2, 0) is 6.54 Å². The smallest absolute Gasteiger partial charge is 0.141 e. The first-order valence-electron chi connectivity index (χ1n) is 9.43. The predicted molar refractivity (Wildman–Crippen MR) is 114 cm³/mol. The summed E-state index contributed by atoms with van der Waals surface area (Å²) in [6.45, 7) is 7.25. The largest absolute Gasteiger partial charge is 0.398 e. The van der Waals surface area contributed by atoms with Gasteiger partial charge in [0.15, 0.2) is 0 Å². The van der Waals surface area contributed by atoms with Crippen molar-refractivity contribution in [3.05, 3.63) is 83.4 Å². The monoisotopic (exact) mass is 355 g/mol. The Morgan fingerprint density at radius 2 is 1.70 bits per heavy atom. The Morgan fingerprint density at radius 3 is 2.41 bits per heavy atom.